The Bertz CT molecular complexity index is 308. The molecule has 1 atom stereocenters. The van der Waals surface area contributed by atoms with Crippen LogP contribution in [-0.2, 0) is 6.42 Å². The van der Waals surface area contributed by atoms with E-state index in [2.05, 4.69) is 6.08 Å². The molecule has 0 bridgehead atoms. The van der Waals surface area contributed by atoms with E-state index in [1.807, 2.05) is 26.0 Å². The van der Waals surface area contributed by atoms with Crippen LogP contribution in [0.2, 0.25) is 0 Å². The first-order valence-corrected chi connectivity index (χ1v) is 4.99. The highest BCUT2D eigenvalue weighted by Gasteiger charge is 1.99. The zero-order valence-electron chi connectivity index (χ0n) is 9.08. The lowest BCUT2D eigenvalue weighted by Gasteiger charge is -2.03. The Balaban J connectivity index is 2.38. The summed E-state index contributed by atoms with van der Waals surface area (Å²) >= 11 is 0. The van der Waals surface area contributed by atoms with E-state index >= 15 is 0 Å². The van der Waals surface area contributed by atoms with E-state index in [1.165, 1.54) is 0 Å². The second-order valence-electron chi connectivity index (χ2n) is 3.68. The van der Waals surface area contributed by atoms with Gasteiger partial charge in [0.25, 0.3) is 0 Å². The zero-order chi connectivity index (χ0) is 10.6. The van der Waals surface area contributed by atoms with Gasteiger partial charge in [0.2, 0.25) is 0 Å². The van der Waals surface area contributed by atoms with E-state index < -0.39 is 0 Å². The normalized spacial score (nSPS) is 14.4. The van der Waals surface area contributed by atoms with Crippen LogP contribution in [0.15, 0.2) is 28.2 Å². The van der Waals surface area contributed by atoms with Gasteiger partial charge in [-0.2, -0.15) is 0 Å². The van der Waals surface area contributed by atoms with Gasteiger partial charge < -0.3 is 9.52 Å². The van der Waals surface area contributed by atoms with Crippen LogP contribution >= 0.6 is 0 Å². The topological polar surface area (TPSA) is 33.4 Å². The first-order chi connectivity index (χ1) is 6.59. The largest absolute Gasteiger partial charge is 0.466 e. The van der Waals surface area contributed by atoms with Crippen molar-refractivity contribution >= 4 is 0 Å². The Morgan fingerprint density at radius 1 is 1.57 bits per heavy atom. The molecule has 2 nitrogen and oxygen atoms in total. The fourth-order valence-corrected chi connectivity index (χ4v) is 1.23. The van der Waals surface area contributed by atoms with Crippen LogP contribution in [-0.4, -0.2) is 11.2 Å². The summed E-state index contributed by atoms with van der Waals surface area (Å²) in [6.07, 6.45) is 3.54. The molecule has 14 heavy (non-hydrogen) atoms. The third-order valence-corrected chi connectivity index (χ3v) is 2.31. The highest BCUT2D eigenvalue weighted by molar-refractivity contribution is 5.08. The van der Waals surface area contributed by atoms with Crippen molar-refractivity contribution in [2.24, 2.45) is 0 Å². The van der Waals surface area contributed by atoms with Crippen molar-refractivity contribution in [1.29, 1.82) is 0 Å². The maximum atomic E-state index is 9.23. The SMILES string of the molecule is C/C(=C\CCc1ccc(C)o1)C(C)O. The second kappa shape index (κ2) is 5.01. The smallest absolute Gasteiger partial charge is 0.104 e. The van der Waals surface area contributed by atoms with Gasteiger partial charge in [-0.05, 0) is 44.9 Å². The zero-order valence-corrected chi connectivity index (χ0v) is 9.08. The van der Waals surface area contributed by atoms with Crippen LogP contribution in [0.3, 0.4) is 0 Å². The van der Waals surface area contributed by atoms with Gasteiger partial charge in [-0.3, -0.25) is 0 Å². The third kappa shape index (κ3) is 3.38. The second-order valence-corrected chi connectivity index (χ2v) is 3.68. The van der Waals surface area contributed by atoms with Gasteiger partial charge in [0, 0.05) is 6.42 Å². The van der Waals surface area contributed by atoms with Gasteiger partial charge in [0.1, 0.15) is 11.5 Å². The van der Waals surface area contributed by atoms with E-state index in [9.17, 15) is 5.11 Å². The quantitative estimate of drug-likeness (QED) is 0.748. The van der Waals surface area contributed by atoms with Crippen molar-refractivity contribution in [2.75, 3.05) is 0 Å². The highest BCUT2D eigenvalue weighted by Crippen LogP contribution is 2.10. The minimum Gasteiger partial charge on any atom is -0.466 e. The number of furan rings is 1. The molecule has 0 aliphatic heterocycles. The maximum absolute atomic E-state index is 9.23. The summed E-state index contributed by atoms with van der Waals surface area (Å²) in [6.45, 7) is 5.67. The van der Waals surface area contributed by atoms with Gasteiger partial charge in [-0.15, -0.1) is 0 Å². The Labute approximate surface area is 85.2 Å². The number of allylic oxidation sites excluding steroid dienone is 1. The van der Waals surface area contributed by atoms with Crippen LogP contribution in [0, 0.1) is 6.92 Å². The van der Waals surface area contributed by atoms with E-state index in [0.717, 1.165) is 29.9 Å². The molecule has 2 heteroatoms. The first kappa shape index (κ1) is 11.1. The fraction of sp³-hybridized carbons (Fsp3) is 0.500. The number of aliphatic hydroxyl groups excluding tert-OH is 1. The van der Waals surface area contributed by atoms with Gasteiger partial charge >= 0.3 is 0 Å². The van der Waals surface area contributed by atoms with E-state index in [-0.39, 0.29) is 6.10 Å². The molecule has 0 radical (unpaired) electrons. The number of rotatable bonds is 4. The van der Waals surface area contributed by atoms with Crippen molar-refractivity contribution in [3.63, 3.8) is 0 Å². The molecular weight excluding hydrogens is 176 g/mol. The number of aryl methyl sites for hydroxylation is 2. The monoisotopic (exact) mass is 194 g/mol. The number of hydrogen-bond donors (Lipinski definition) is 1. The van der Waals surface area contributed by atoms with Crippen LogP contribution in [0.5, 0.6) is 0 Å². The van der Waals surface area contributed by atoms with Crippen LogP contribution < -0.4 is 0 Å². The molecule has 1 heterocycles. The molecule has 1 rings (SSSR count). The lowest BCUT2D eigenvalue weighted by Crippen LogP contribution is -2.00. The minimum absolute atomic E-state index is 0.340. The molecule has 0 aromatic carbocycles. The lowest BCUT2D eigenvalue weighted by molar-refractivity contribution is 0.231. The molecule has 1 unspecified atom stereocenters. The van der Waals surface area contributed by atoms with E-state index in [4.69, 9.17) is 4.42 Å². The summed E-state index contributed by atoms with van der Waals surface area (Å²) in [5.41, 5.74) is 1.02. The highest BCUT2D eigenvalue weighted by atomic mass is 16.3. The average molecular weight is 194 g/mol. The summed E-state index contributed by atoms with van der Waals surface area (Å²) in [5.74, 6) is 1.97. The summed E-state index contributed by atoms with van der Waals surface area (Å²) in [6, 6.07) is 3.97. The number of aliphatic hydroxyl groups is 1. The molecule has 0 saturated carbocycles. The molecule has 0 spiro atoms. The minimum atomic E-state index is -0.340. The lowest BCUT2D eigenvalue weighted by atomic mass is 10.1. The molecule has 0 fully saturated rings. The molecule has 0 aliphatic carbocycles. The van der Waals surface area contributed by atoms with Crippen molar-refractivity contribution in [2.45, 2.75) is 39.7 Å². The van der Waals surface area contributed by atoms with E-state index in [0.29, 0.717) is 0 Å². The predicted molar refractivity (Wildman–Crippen MR) is 57.2 cm³/mol. The molecule has 1 aromatic heterocycles. The molecule has 0 saturated heterocycles. The first-order valence-electron chi connectivity index (χ1n) is 4.99. The molecule has 1 aromatic rings. The van der Waals surface area contributed by atoms with Crippen LogP contribution in [0.1, 0.15) is 31.8 Å². The fourth-order valence-electron chi connectivity index (χ4n) is 1.23. The van der Waals surface area contributed by atoms with Crippen molar-refractivity contribution in [1.82, 2.24) is 0 Å². The Kier molecular flexibility index (Phi) is 3.96. The average Bonchev–Trinajstić information content (AvgIpc) is 2.51. The van der Waals surface area contributed by atoms with E-state index in [1.54, 1.807) is 6.92 Å². The van der Waals surface area contributed by atoms with Crippen LogP contribution in [0.4, 0.5) is 0 Å². The third-order valence-electron chi connectivity index (χ3n) is 2.31. The Morgan fingerprint density at radius 2 is 2.29 bits per heavy atom. The molecule has 1 N–H and O–H groups in total. The number of hydrogen-bond acceptors (Lipinski definition) is 2. The Morgan fingerprint density at radius 3 is 2.79 bits per heavy atom. The van der Waals surface area contributed by atoms with Gasteiger partial charge in [0.05, 0.1) is 6.10 Å². The molecule has 0 amide bonds. The summed E-state index contributed by atoms with van der Waals surface area (Å²) in [5, 5.41) is 9.23. The van der Waals surface area contributed by atoms with Crippen molar-refractivity contribution in [3.05, 3.63) is 35.3 Å². The standard InChI is InChI=1S/C12H18O2/c1-9(11(3)13)5-4-6-12-8-7-10(2)14-12/h5,7-8,11,13H,4,6H2,1-3H3/b9-5+. The molecule has 0 aliphatic rings. The van der Waals surface area contributed by atoms with Crippen LogP contribution in [0.25, 0.3) is 0 Å². The van der Waals surface area contributed by atoms with Gasteiger partial charge in [0.15, 0.2) is 0 Å². The van der Waals surface area contributed by atoms with Crippen molar-refractivity contribution in [3.8, 4) is 0 Å². The summed E-state index contributed by atoms with van der Waals surface area (Å²) in [7, 11) is 0. The van der Waals surface area contributed by atoms with Gasteiger partial charge in [-0.25, -0.2) is 0 Å². The summed E-state index contributed by atoms with van der Waals surface area (Å²) < 4.78 is 5.43. The van der Waals surface area contributed by atoms with Gasteiger partial charge in [-0.1, -0.05) is 6.08 Å². The summed E-state index contributed by atoms with van der Waals surface area (Å²) in [4.78, 5) is 0. The maximum Gasteiger partial charge on any atom is 0.104 e. The molecular formula is C12H18O2. The molecule has 78 valence electrons. The Hall–Kier alpha value is -1.02. The van der Waals surface area contributed by atoms with Crippen molar-refractivity contribution < 1.29 is 9.52 Å². The predicted octanol–water partition coefficient (Wildman–Crippen LogP) is 2.85.